The van der Waals surface area contributed by atoms with Crippen molar-refractivity contribution in [2.24, 2.45) is 0 Å². The molecular weight excluding hydrogens is 386 g/mol. The first kappa shape index (κ1) is 18.4. The Hall–Kier alpha value is -1.96. The Kier molecular flexibility index (Phi) is 4.92. The second-order valence-corrected chi connectivity index (χ2v) is 9.25. The maximum atomic E-state index is 12.8. The topological polar surface area (TPSA) is 70.6 Å². The van der Waals surface area contributed by atoms with Gasteiger partial charge in [0, 0.05) is 50.1 Å². The van der Waals surface area contributed by atoms with Crippen LogP contribution >= 0.6 is 11.6 Å². The minimum absolute atomic E-state index is 0.120. The molecule has 2 aliphatic heterocycles. The van der Waals surface area contributed by atoms with Crippen LogP contribution in [-0.2, 0) is 23.0 Å². The van der Waals surface area contributed by atoms with Crippen LogP contribution < -0.4 is 0 Å². The number of fused-ring (bicyclic) bond motifs is 1. The number of amides is 1. The number of hydrogen-bond donors (Lipinski definition) is 0. The highest BCUT2D eigenvalue weighted by molar-refractivity contribution is 7.89. The zero-order valence-corrected chi connectivity index (χ0v) is 16.3. The molecule has 0 aliphatic carbocycles. The first-order valence-corrected chi connectivity index (χ1v) is 10.8. The van der Waals surface area contributed by atoms with Crippen LogP contribution in [0.5, 0.6) is 0 Å². The fraction of sp³-hybridized carbons (Fsp3) is 0.368. The van der Waals surface area contributed by atoms with Crippen LogP contribution in [-0.4, -0.2) is 48.1 Å². The van der Waals surface area contributed by atoms with Crippen LogP contribution in [0.15, 0.2) is 41.4 Å². The number of aromatic nitrogens is 1. The van der Waals surface area contributed by atoms with Gasteiger partial charge in [0.05, 0.1) is 9.92 Å². The third-order valence-corrected chi connectivity index (χ3v) is 7.22. The molecule has 1 amide bonds. The number of sulfonamides is 1. The molecule has 0 radical (unpaired) electrons. The molecule has 0 atom stereocenters. The molecule has 0 unspecified atom stereocenters. The number of carbonyl (C=O) groups is 1. The Bertz CT molecular complexity index is 970. The van der Waals surface area contributed by atoms with Gasteiger partial charge in [-0.1, -0.05) is 11.6 Å². The molecule has 8 heteroatoms. The lowest BCUT2D eigenvalue weighted by molar-refractivity contribution is 0.0733. The Balaban J connectivity index is 1.51. The van der Waals surface area contributed by atoms with Crippen molar-refractivity contribution >= 4 is 27.5 Å². The van der Waals surface area contributed by atoms with E-state index in [0.717, 1.165) is 24.1 Å². The Morgan fingerprint density at radius 2 is 1.78 bits per heavy atom. The second kappa shape index (κ2) is 7.22. The molecule has 3 heterocycles. The first-order valence-electron chi connectivity index (χ1n) is 8.98. The summed E-state index contributed by atoms with van der Waals surface area (Å²) in [5.41, 5.74) is 2.40. The summed E-state index contributed by atoms with van der Waals surface area (Å²) < 4.78 is 26.7. The minimum Gasteiger partial charge on any atom is -0.334 e. The third-order valence-electron chi connectivity index (χ3n) is 5.10. The number of nitrogens with zero attached hydrogens (tertiary/aromatic N) is 3. The van der Waals surface area contributed by atoms with Crippen LogP contribution in [0.3, 0.4) is 0 Å². The van der Waals surface area contributed by atoms with E-state index in [-0.39, 0.29) is 10.8 Å². The van der Waals surface area contributed by atoms with Gasteiger partial charge in [-0.3, -0.25) is 9.78 Å². The molecule has 6 nitrogen and oxygen atoms in total. The van der Waals surface area contributed by atoms with Crippen LogP contribution in [0.4, 0.5) is 0 Å². The van der Waals surface area contributed by atoms with Gasteiger partial charge in [0.1, 0.15) is 0 Å². The zero-order valence-electron chi connectivity index (χ0n) is 14.8. The average Bonchev–Trinajstić information content (AvgIpc) is 3.22. The van der Waals surface area contributed by atoms with Crippen molar-refractivity contribution in [2.45, 2.75) is 30.7 Å². The minimum atomic E-state index is -3.47. The van der Waals surface area contributed by atoms with E-state index in [1.165, 1.54) is 16.4 Å². The summed E-state index contributed by atoms with van der Waals surface area (Å²) >= 11 is 6.01. The monoisotopic (exact) mass is 405 g/mol. The predicted molar refractivity (Wildman–Crippen MR) is 102 cm³/mol. The summed E-state index contributed by atoms with van der Waals surface area (Å²) in [4.78, 5) is 19.1. The van der Waals surface area contributed by atoms with Crippen molar-refractivity contribution in [3.05, 3.63) is 58.4 Å². The summed E-state index contributed by atoms with van der Waals surface area (Å²) in [5.74, 6) is -0.120. The Morgan fingerprint density at radius 1 is 1.07 bits per heavy atom. The zero-order chi connectivity index (χ0) is 19.0. The van der Waals surface area contributed by atoms with Gasteiger partial charge in [0.2, 0.25) is 10.0 Å². The number of benzene rings is 1. The molecule has 0 N–H and O–H groups in total. The van der Waals surface area contributed by atoms with Crippen molar-refractivity contribution in [1.82, 2.24) is 14.2 Å². The van der Waals surface area contributed by atoms with Gasteiger partial charge in [-0.05, 0) is 48.7 Å². The molecule has 1 aromatic carbocycles. The van der Waals surface area contributed by atoms with Crippen LogP contribution in [0.2, 0.25) is 5.02 Å². The molecular formula is C19H20ClN3O3S. The largest absolute Gasteiger partial charge is 0.334 e. The third kappa shape index (κ3) is 3.59. The normalized spacial score (nSPS) is 17.7. The van der Waals surface area contributed by atoms with Crippen LogP contribution in [0, 0.1) is 0 Å². The maximum Gasteiger partial charge on any atom is 0.254 e. The molecule has 1 saturated heterocycles. The molecule has 4 rings (SSSR count). The quantitative estimate of drug-likeness (QED) is 0.787. The van der Waals surface area contributed by atoms with Gasteiger partial charge in [0.15, 0.2) is 0 Å². The van der Waals surface area contributed by atoms with Gasteiger partial charge in [-0.15, -0.1) is 0 Å². The van der Waals surface area contributed by atoms with Crippen molar-refractivity contribution in [3.63, 3.8) is 0 Å². The van der Waals surface area contributed by atoms with E-state index in [1.54, 1.807) is 23.2 Å². The molecule has 27 heavy (non-hydrogen) atoms. The smallest absolute Gasteiger partial charge is 0.254 e. The van der Waals surface area contributed by atoms with Crippen LogP contribution in [0.1, 0.15) is 34.5 Å². The standard InChI is InChI=1S/C19H20ClN3O3S/c20-16-11-15-13-22(10-7-18(15)21-12-16)19(24)14-3-5-17(6-4-14)27(25,26)23-8-1-2-9-23/h3-6,11-12H,1-2,7-10,13H2. The Morgan fingerprint density at radius 3 is 2.48 bits per heavy atom. The van der Waals surface area contributed by atoms with E-state index >= 15 is 0 Å². The summed E-state index contributed by atoms with van der Waals surface area (Å²) in [6.45, 7) is 2.16. The van der Waals surface area contributed by atoms with Gasteiger partial charge in [-0.25, -0.2) is 8.42 Å². The number of halogens is 1. The van der Waals surface area contributed by atoms with E-state index in [4.69, 9.17) is 11.6 Å². The molecule has 1 fully saturated rings. The van der Waals surface area contributed by atoms with Gasteiger partial charge < -0.3 is 4.90 Å². The summed E-state index contributed by atoms with van der Waals surface area (Å²) in [7, 11) is -3.47. The second-order valence-electron chi connectivity index (χ2n) is 6.87. The number of carbonyl (C=O) groups excluding carboxylic acids is 1. The molecule has 0 saturated carbocycles. The number of pyridine rings is 1. The van der Waals surface area contributed by atoms with Gasteiger partial charge >= 0.3 is 0 Å². The lowest BCUT2D eigenvalue weighted by Crippen LogP contribution is -2.36. The highest BCUT2D eigenvalue weighted by Gasteiger charge is 2.28. The average molecular weight is 406 g/mol. The highest BCUT2D eigenvalue weighted by Crippen LogP contribution is 2.24. The molecule has 2 aliphatic rings. The summed E-state index contributed by atoms with van der Waals surface area (Å²) in [6.07, 6.45) is 4.09. The highest BCUT2D eigenvalue weighted by atomic mass is 35.5. The van der Waals surface area contributed by atoms with E-state index in [1.807, 2.05) is 6.07 Å². The number of rotatable bonds is 3. The number of hydrogen-bond acceptors (Lipinski definition) is 4. The van der Waals surface area contributed by atoms with Crippen molar-refractivity contribution < 1.29 is 13.2 Å². The Labute approximate surface area is 163 Å². The van der Waals surface area contributed by atoms with Crippen molar-refractivity contribution in [1.29, 1.82) is 0 Å². The summed E-state index contributed by atoms with van der Waals surface area (Å²) in [6, 6.07) is 8.08. The lowest BCUT2D eigenvalue weighted by atomic mass is 10.0. The maximum absolute atomic E-state index is 12.8. The molecule has 0 bridgehead atoms. The fourth-order valence-corrected chi connectivity index (χ4v) is 5.30. The molecule has 2 aromatic rings. The van der Waals surface area contributed by atoms with E-state index in [9.17, 15) is 13.2 Å². The van der Waals surface area contributed by atoms with E-state index in [2.05, 4.69) is 4.98 Å². The molecule has 142 valence electrons. The first-order chi connectivity index (χ1) is 12.9. The van der Waals surface area contributed by atoms with Crippen molar-refractivity contribution in [3.8, 4) is 0 Å². The summed E-state index contributed by atoms with van der Waals surface area (Å²) in [5, 5.41) is 0.555. The fourth-order valence-electron chi connectivity index (χ4n) is 3.60. The van der Waals surface area contributed by atoms with E-state index in [0.29, 0.717) is 43.2 Å². The van der Waals surface area contributed by atoms with Crippen molar-refractivity contribution in [2.75, 3.05) is 19.6 Å². The lowest BCUT2D eigenvalue weighted by Gasteiger charge is -2.28. The van der Waals surface area contributed by atoms with Gasteiger partial charge in [0.25, 0.3) is 5.91 Å². The molecule has 0 spiro atoms. The van der Waals surface area contributed by atoms with Gasteiger partial charge in [-0.2, -0.15) is 4.31 Å². The SMILES string of the molecule is O=C(c1ccc(S(=O)(=O)N2CCCC2)cc1)N1CCc2ncc(Cl)cc2C1. The van der Waals surface area contributed by atoms with E-state index < -0.39 is 10.0 Å². The van der Waals surface area contributed by atoms with Crippen LogP contribution in [0.25, 0.3) is 0 Å². The molecule has 1 aromatic heterocycles. The predicted octanol–water partition coefficient (Wildman–Crippen LogP) is 2.72.